The summed E-state index contributed by atoms with van der Waals surface area (Å²) in [5.74, 6) is -0.272. The average molecular weight is 262 g/mol. The zero-order valence-corrected chi connectivity index (χ0v) is 11.0. The number of thiophene rings is 1. The third-order valence-electron chi connectivity index (χ3n) is 2.55. The van der Waals surface area contributed by atoms with E-state index in [0.29, 0.717) is 0 Å². The van der Waals surface area contributed by atoms with Crippen LogP contribution in [0.3, 0.4) is 0 Å². The van der Waals surface area contributed by atoms with Crippen molar-refractivity contribution in [2.75, 3.05) is 0 Å². The summed E-state index contributed by atoms with van der Waals surface area (Å²) in [5.41, 5.74) is 0.00454. The van der Waals surface area contributed by atoms with Crippen LogP contribution in [0.15, 0.2) is 35.1 Å². The zero-order chi connectivity index (χ0) is 13.1. The molecule has 1 amide bonds. The molecular formula is C13H14N2O2S. The van der Waals surface area contributed by atoms with Crippen molar-refractivity contribution in [1.29, 1.82) is 0 Å². The number of amides is 1. The maximum atomic E-state index is 11.9. The van der Waals surface area contributed by atoms with E-state index in [0.717, 1.165) is 4.88 Å². The third-order valence-corrected chi connectivity index (χ3v) is 3.73. The number of pyridine rings is 1. The van der Waals surface area contributed by atoms with Gasteiger partial charge in [0.1, 0.15) is 5.69 Å². The van der Waals surface area contributed by atoms with E-state index in [9.17, 15) is 9.59 Å². The highest BCUT2D eigenvalue weighted by atomic mass is 32.1. The molecule has 18 heavy (non-hydrogen) atoms. The van der Waals surface area contributed by atoms with Gasteiger partial charge >= 0.3 is 0 Å². The van der Waals surface area contributed by atoms with Gasteiger partial charge in [-0.05, 0) is 32.0 Å². The molecule has 0 fully saturated rings. The highest BCUT2D eigenvalue weighted by Gasteiger charge is 2.13. The summed E-state index contributed by atoms with van der Waals surface area (Å²) in [6, 6.07) is 8.48. The van der Waals surface area contributed by atoms with Crippen molar-refractivity contribution in [2.45, 2.75) is 19.9 Å². The smallest absolute Gasteiger partial charge is 0.268 e. The molecule has 1 unspecified atom stereocenters. The summed E-state index contributed by atoms with van der Waals surface area (Å²) in [4.78, 5) is 27.8. The van der Waals surface area contributed by atoms with Gasteiger partial charge in [-0.2, -0.15) is 0 Å². The summed E-state index contributed by atoms with van der Waals surface area (Å²) in [5, 5.41) is 2.85. The average Bonchev–Trinajstić information content (AvgIpc) is 2.76. The van der Waals surface area contributed by atoms with E-state index in [2.05, 4.69) is 10.3 Å². The van der Waals surface area contributed by atoms with E-state index < -0.39 is 0 Å². The maximum Gasteiger partial charge on any atom is 0.268 e. The Hall–Kier alpha value is -1.88. The van der Waals surface area contributed by atoms with Crippen molar-refractivity contribution >= 4 is 17.2 Å². The monoisotopic (exact) mass is 262 g/mol. The first-order valence-corrected chi connectivity index (χ1v) is 6.44. The van der Waals surface area contributed by atoms with E-state index in [1.54, 1.807) is 23.5 Å². The Balaban J connectivity index is 2.10. The normalized spacial score (nSPS) is 12.1. The number of nitrogens with one attached hydrogen (secondary N) is 2. The molecule has 4 nitrogen and oxygen atoms in total. The predicted molar refractivity (Wildman–Crippen MR) is 72.0 cm³/mol. The summed E-state index contributed by atoms with van der Waals surface area (Å²) in [6.45, 7) is 3.95. The van der Waals surface area contributed by atoms with Gasteiger partial charge in [0, 0.05) is 15.8 Å². The lowest BCUT2D eigenvalue weighted by Crippen LogP contribution is -2.28. The topological polar surface area (TPSA) is 62.0 Å². The van der Waals surface area contributed by atoms with Crippen LogP contribution < -0.4 is 10.9 Å². The second-order valence-corrected chi connectivity index (χ2v) is 5.39. The molecule has 0 aliphatic rings. The fraction of sp³-hybridized carbons (Fsp3) is 0.231. The number of rotatable bonds is 3. The van der Waals surface area contributed by atoms with E-state index in [-0.39, 0.29) is 23.2 Å². The third kappa shape index (κ3) is 2.87. The maximum absolute atomic E-state index is 11.9. The van der Waals surface area contributed by atoms with E-state index >= 15 is 0 Å². The van der Waals surface area contributed by atoms with Crippen LogP contribution in [0.4, 0.5) is 0 Å². The van der Waals surface area contributed by atoms with Gasteiger partial charge in [-0.1, -0.05) is 6.07 Å². The fourth-order valence-corrected chi connectivity index (χ4v) is 2.49. The first-order chi connectivity index (χ1) is 8.56. The first kappa shape index (κ1) is 12.6. The van der Waals surface area contributed by atoms with Crippen LogP contribution in [-0.2, 0) is 0 Å². The highest BCUT2D eigenvalue weighted by molar-refractivity contribution is 7.12. The Bertz CT molecular complexity index is 615. The van der Waals surface area contributed by atoms with Crippen LogP contribution in [0, 0.1) is 6.92 Å². The van der Waals surface area contributed by atoms with Gasteiger partial charge in [0.15, 0.2) is 0 Å². The Morgan fingerprint density at radius 1 is 1.33 bits per heavy atom. The van der Waals surface area contributed by atoms with Gasteiger partial charge in [0.05, 0.1) is 6.04 Å². The molecule has 0 bridgehead atoms. The van der Waals surface area contributed by atoms with Crippen molar-refractivity contribution < 1.29 is 4.79 Å². The minimum absolute atomic E-state index is 0.0695. The minimum atomic E-state index is -0.276. The van der Waals surface area contributed by atoms with Crippen molar-refractivity contribution in [1.82, 2.24) is 10.3 Å². The molecule has 0 saturated heterocycles. The van der Waals surface area contributed by atoms with E-state index in [1.165, 1.54) is 10.9 Å². The van der Waals surface area contributed by atoms with Crippen molar-refractivity contribution in [3.63, 3.8) is 0 Å². The van der Waals surface area contributed by atoms with Crippen LogP contribution in [0.1, 0.15) is 33.2 Å². The molecule has 2 heterocycles. The number of carbonyl (C=O) groups excluding carboxylic acids is 1. The molecule has 0 aliphatic carbocycles. The number of hydrogen-bond acceptors (Lipinski definition) is 3. The van der Waals surface area contributed by atoms with Gasteiger partial charge < -0.3 is 10.3 Å². The molecule has 0 aromatic carbocycles. The zero-order valence-electron chi connectivity index (χ0n) is 10.2. The molecule has 94 valence electrons. The molecule has 5 heteroatoms. The lowest BCUT2D eigenvalue weighted by molar-refractivity contribution is 0.0935. The van der Waals surface area contributed by atoms with Gasteiger partial charge in [0.25, 0.3) is 5.91 Å². The molecule has 0 saturated carbocycles. The molecule has 2 rings (SSSR count). The summed E-state index contributed by atoms with van der Waals surface area (Å²) < 4.78 is 0. The molecule has 1 atom stereocenters. The number of H-pyrrole nitrogens is 1. The number of aromatic amines is 1. The standard InChI is InChI=1S/C13H14N2O2S/c1-8-6-7-11(18-8)9(2)14-13(17)10-4-3-5-12(16)15-10/h3-7,9H,1-2H3,(H,14,17)(H,15,16). The van der Waals surface area contributed by atoms with E-state index in [1.807, 2.05) is 26.0 Å². The SMILES string of the molecule is Cc1ccc(C(C)NC(=O)c2cccc(=O)[nH]2)s1. The largest absolute Gasteiger partial charge is 0.343 e. The Labute approximate surface area is 109 Å². The summed E-state index contributed by atoms with van der Waals surface area (Å²) in [6.07, 6.45) is 0. The van der Waals surface area contributed by atoms with Gasteiger partial charge in [-0.15, -0.1) is 11.3 Å². The Kier molecular flexibility index (Phi) is 3.62. The van der Waals surface area contributed by atoms with Gasteiger partial charge in [-0.3, -0.25) is 9.59 Å². The predicted octanol–water partition coefficient (Wildman–Crippen LogP) is 2.24. The Morgan fingerprint density at radius 2 is 2.11 bits per heavy atom. The summed E-state index contributed by atoms with van der Waals surface area (Å²) in [7, 11) is 0. The van der Waals surface area contributed by atoms with Crippen LogP contribution in [0.2, 0.25) is 0 Å². The number of carbonyl (C=O) groups is 1. The molecule has 0 spiro atoms. The van der Waals surface area contributed by atoms with Crippen LogP contribution in [0.25, 0.3) is 0 Å². The lowest BCUT2D eigenvalue weighted by atomic mass is 10.2. The van der Waals surface area contributed by atoms with Crippen molar-refractivity contribution in [3.8, 4) is 0 Å². The van der Waals surface area contributed by atoms with Gasteiger partial charge in [-0.25, -0.2) is 0 Å². The molecule has 2 aromatic heterocycles. The second-order valence-electron chi connectivity index (χ2n) is 4.07. The van der Waals surface area contributed by atoms with Gasteiger partial charge in [0.2, 0.25) is 5.56 Å². The van der Waals surface area contributed by atoms with Crippen LogP contribution in [-0.4, -0.2) is 10.9 Å². The number of hydrogen-bond donors (Lipinski definition) is 2. The molecule has 0 radical (unpaired) electrons. The molecule has 2 N–H and O–H groups in total. The fourth-order valence-electron chi connectivity index (χ4n) is 1.61. The molecular weight excluding hydrogens is 248 g/mol. The molecule has 0 aliphatic heterocycles. The highest BCUT2D eigenvalue weighted by Crippen LogP contribution is 2.22. The first-order valence-electron chi connectivity index (χ1n) is 5.63. The van der Waals surface area contributed by atoms with Crippen molar-refractivity contribution in [2.24, 2.45) is 0 Å². The molecule has 2 aromatic rings. The summed E-state index contributed by atoms with van der Waals surface area (Å²) >= 11 is 1.65. The van der Waals surface area contributed by atoms with E-state index in [4.69, 9.17) is 0 Å². The van der Waals surface area contributed by atoms with Crippen LogP contribution in [0.5, 0.6) is 0 Å². The van der Waals surface area contributed by atoms with Crippen LogP contribution >= 0.6 is 11.3 Å². The quantitative estimate of drug-likeness (QED) is 0.891. The lowest BCUT2D eigenvalue weighted by Gasteiger charge is -2.11. The Morgan fingerprint density at radius 3 is 2.72 bits per heavy atom. The van der Waals surface area contributed by atoms with Crippen molar-refractivity contribution in [3.05, 3.63) is 56.1 Å². The number of aryl methyl sites for hydroxylation is 1. The second kappa shape index (κ2) is 5.18. The number of aromatic nitrogens is 1. The minimum Gasteiger partial charge on any atom is -0.343 e.